The lowest BCUT2D eigenvalue weighted by atomic mass is 10.1. The van der Waals surface area contributed by atoms with Crippen LogP contribution in [-0.4, -0.2) is 15.2 Å². The highest BCUT2D eigenvalue weighted by Gasteiger charge is 2.11. The van der Waals surface area contributed by atoms with Crippen molar-refractivity contribution in [2.24, 2.45) is 0 Å². The fraction of sp³-hybridized carbons (Fsp3) is 0.333. The van der Waals surface area contributed by atoms with Crippen LogP contribution in [0.15, 0.2) is 30.5 Å². The summed E-state index contributed by atoms with van der Waals surface area (Å²) in [6.07, 6.45) is 1.78. The fourth-order valence-electron chi connectivity index (χ4n) is 1.51. The van der Waals surface area contributed by atoms with Gasteiger partial charge in [-0.1, -0.05) is 12.2 Å². The zero-order chi connectivity index (χ0) is 11.8. The van der Waals surface area contributed by atoms with Gasteiger partial charge < -0.3 is 5.43 Å². The van der Waals surface area contributed by atoms with E-state index in [0.717, 1.165) is 15.7 Å². The van der Waals surface area contributed by atoms with E-state index < -0.39 is 0 Å². The Hall–Kier alpha value is -1.42. The zero-order valence-electron chi connectivity index (χ0n) is 9.69. The molecule has 0 radical (unpaired) electrons. The van der Waals surface area contributed by atoms with Gasteiger partial charge in [-0.3, -0.25) is 0 Å². The number of nitrogens with zero attached hydrogens (tertiary/aromatic N) is 2. The van der Waals surface area contributed by atoms with Crippen LogP contribution in [0, 0.1) is 4.64 Å². The van der Waals surface area contributed by atoms with Gasteiger partial charge in [-0.05, 0) is 45.0 Å². The van der Waals surface area contributed by atoms with Crippen LogP contribution in [-0.2, 0) is 0 Å². The predicted octanol–water partition coefficient (Wildman–Crippen LogP) is 3.11. The summed E-state index contributed by atoms with van der Waals surface area (Å²) in [5, 5.41) is 1.08. The summed E-state index contributed by atoms with van der Waals surface area (Å²) in [5.74, 6) is 0. The molecule has 2 rings (SSSR count). The molecule has 2 aromatic rings. The minimum absolute atomic E-state index is 0.0516. The first-order valence-electron chi connectivity index (χ1n) is 5.22. The van der Waals surface area contributed by atoms with Gasteiger partial charge in [0.15, 0.2) is 5.65 Å². The number of aromatic nitrogens is 2. The Kier molecular flexibility index (Phi) is 2.68. The quantitative estimate of drug-likeness (QED) is 0.768. The molecule has 2 aromatic heterocycles. The molecule has 0 saturated carbocycles. The molecule has 16 heavy (non-hydrogen) atoms. The highest BCUT2D eigenvalue weighted by molar-refractivity contribution is 7.71. The van der Waals surface area contributed by atoms with E-state index >= 15 is 0 Å². The number of hydrogen-bond acceptors (Lipinski definition) is 3. The molecule has 0 atom stereocenters. The summed E-state index contributed by atoms with van der Waals surface area (Å²) in [7, 11) is 0. The zero-order valence-corrected chi connectivity index (χ0v) is 10.5. The lowest BCUT2D eigenvalue weighted by Gasteiger charge is -2.24. The van der Waals surface area contributed by atoms with E-state index in [1.807, 2.05) is 28.9 Å². The summed E-state index contributed by atoms with van der Waals surface area (Å²) >= 11 is 5.31. The number of nitrogens with one attached hydrogen (secondary N) is 1. The third-order valence-electron chi connectivity index (χ3n) is 2.10. The van der Waals surface area contributed by atoms with E-state index in [1.165, 1.54) is 0 Å². The van der Waals surface area contributed by atoms with Gasteiger partial charge >= 0.3 is 0 Å². The average molecular weight is 233 g/mol. The Bertz CT molecular complexity index is 566. The van der Waals surface area contributed by atoms with Gasteiger partial charge in [-0.25, -0.2) is 9.66 Å². The summed E-state index contributed by atoms with van der Waals surface area (Å²) in [4.78, 5) is 4.36. The van der Waals surface area contributed by atoms with Crippen molar-refractivity contribution in [2.75, 3.05) is 5.43 Å². The summed E-state index contributed by atoms with van der Waals surface area (Å²) in [6, 6.07) is 7.86. The fourth-order valence-corrected chi connectivity index (χ4v) is 1.71. The van der Waals surface area contributed by atoms with Crippen LogP contribution in [0.25, 0.3) is 11.0 Å². The summed E-state index contributed by atoms with van der Waals surface area (Å²) in [6.45, 7) is 6.28. The second kappa shape index (κ2) is 3.87. The lowest BCUT2D eigenvalue weighted by molar-refractivity contribution is 0.556. The molecule has 0 fully saturated rings. The Morgan fingerprint density at radius 1 is 1.25 bits per heavy atom. The molecule has 1 N–H and O–H groups in total. The van der Waals surface area contributed by atoms with Crippen LogP contribution in [0.5, 0.6) is 0 Å². The Balaban J connectivity index is 2.66. The van der Waals surface area contributed by atoms with E-state index in [2.05, 4.69) is 31.2 Å². The molecule has 0 saturated heterocycles. The third kappa shape index (κ3) is 2.22. The van der Waals surface area contributed by atoms with Crippen molar-refractivity contribution in [1.82, 2.24) is 9.66 Å². The number of hydrogen-bond donors (Lipinski definition) is 1. The molecular formula is C12H15N3S. The van der Waals surface area contributed by atoms with Gasteiger partial charge in [0.1, 0.15) is 4.64 Å². The first-order chi connectivity index (χ1) is 7.47. The Morgan fingerprint density at radius 2 is 2.00 bits per heavy atom. The van der Waals surface area contributed by atoms with Crippen LogP contribution in [0.3, 0.4) is 0 Å². The van der Waals surface area contributed by atoms with Crippen LogP contribution in [0.2, 0.25) is 0 Å². The smallest absolute Gasteiger partial charge is 0.159 e. The van der Waals surface area contributed by atoms with Gasteiger partial charge in [0.05, 0.1) is 0 Å². The van der Waals surface area contributed by atoms with E-state index in [1.54, 1.807) is 6.20 Å². The SMILES string of the molecule is CC(C)(C)Nn1c(=S)ccc2cccnc21. The molecule has 0 bridgehead atoms. The highest BCUT2D eigenvalue weighted by Crippen LogP contribution is 2.12. The molecule has 0 aliphatic carbocycles. The molecule has 3 nitrogen and oxygen atoms in total. The van der Waals surface area contributed by atoms with Crippen LogP contribution in [0.1, 0.15) is 20.8 Å². The average Bonchev–Trinajstić information content (AvgIpc) is 2.21. The maximum atomic E-state index is 5.31. The standard InChI is InChI=1S/C12H15N3S/c1-12(2,3)14-15-10(16)7-6-9-5-4-8-13-11(9)15/h4-8,14H,1-3H3. The third-order valence-corrected chi connectivity index (χ3v) is 2.42. The van der Waals surface area contributed by atoms with E-state index in [0.29, 0.717) is 0 Å². The molecule has 2 heterocycles. The van der Waals surface area contributed by atoms with Crippen LogP contribution in [0.4, 0.5) is 0 Å². The van der Waals surface area contributed by atoms with Gasteiger partial charge in [-0.2, -0.15) is 0 Å². The normalized spacial score (nSPS) is 11.7. The second-order valence-corrected chi connectivity index (χ2v) is 5.20. The second-order valence-electron chi connectivity index (χ2n) is 4.79. The van der Waals surface area contributed by atoms with Crippen LogP contribution >= 0.6 is 12.2 Å². The van der Waals surface area contributed by atoms with Crippen molar-refractivity contribution in [1.29, 1.82) is 0 Å². The van der Waals surface area contributed by atoms with Crippen molar-refractivity contribution in [3.05, 3.63) is 35.1 Å². The molecule has 4 heteroatoms. The molecule has 0 unspecified atom stereocenters. The maximum absolute atomic E-state index is 5.31. The lowest BCUT2D eigenvalue weighted by Crippen LogP contribution is -2.34. The Morgan fingerprint density at radius 3 is 2.69 bits per heavy atom. The van der Waals surface area contributed by atoms with Gasteiger partial charge in [0.25, 0.3) is 0 Å². The van der Waals surface area contributed by atoms with Gasteiger partial charge in [-0.15, -0.1) is 0 Å². The highest BCUT2D eigenvalue weighted by atomic mass is 32.1. The number of pyridine rings is 2. The summed E-state index contributed by atoms with van der Waals surface area (Å²) < 4.78 is 2.60. The molecular weight excluding hydrogens is 218 g/mol. The van der Waals surface area contributed by atoms with Crippen molar-refractivity contribution in [3.8, 4) is 0 Å². The number of rotatable bonds is 1. The maximum Gasteiger partial charge on any atom is 0.159 e. The molecule has 0 aromatic carbocycles. The van der Waals surface area contributed by atoms with Crippen molar-refractivity contribution >= 4 is 23.3 Å². The largest absolute Gasteiger partial charge is 0.318 e. The molecule has 0 amide bonds. The predicted molar refractivity (Wildman–Crippen MR) is 69.7 cm³/mol. The molecule has 84 valence electrons. The molecule has 0 aliphatic heterocycles. The van der Waals surface area contributed by atoms with E-state index in [9.17, 15) is 0 Å². The van der Waals surface area contributed by atoms with Crippen molar-refractivity contribution in [3.63, 3.8) is 0 Å². The van der Waals surface area contributed by atoms with Gasteiger partial charge in [0.2, 0.25) is 0 Å². The molecule has 0 spiro atoms. The van der Waals surface area contributed by atoms with Crippen molar-refractivity contribution < 1.29 is 0 Å². The first-order valence-corrected chi connectivity index (χ1v) is 5.63. The monoisotopic (exact) mass is 233 g/mol. The number of fused-ring (bicyclic) bond motifs is 1. The summed E-state index contributed by atoms with van der Waals surface area (Å²) in [5.41, 5.74) is 4.16. The van der Waals surface area contributed by atoms with Gasteiger partial charge in [0, 0.05) is 17.1 Å². The minimum atomic E-state index is -0.0516. The molecule has 0 aliphatic rings. The van der Waals surface area contributed by atoms with Crippen LogP contribution < -0.4 is 5.43 Å². The van der Waals surface area contributed by atoms with E-state index in [-0.39, 0.29) is 5.54 Å². The first kappa shape index (κ1) is 11.1. The topological polar surface area (TPSA) is 29.9 Å². The van der Waals surface area contributed by atoms with Crippen molar-refractivity contribution in [2.45, 2.75) is 26.3 Å². The van der Waals surface area contributed by atoms with E-state index in [4.69, 9.17) is 12.2 Å². The minimum Gasteiger partial charge on any atom is -0.318 e. The Labute approximate surface area is 100 Å².